The molecule has 0 bridgehead atoms. The summed E-state index contributed by atoms with van der Waals surface area (Å²) in [5.41, 5.74) is 8.29. The van der Waals surface area contributed by atoms with Crippen LogP contribution >= 0.6 is 0 Å². The Labute approximate surface area is 191 Å². The zero-order valence-electron chi connectivity index (χ0n) is 18.6. The second-order valence-corrected chi connectivity index (χ2v) is 9.18. The summed E-state index contributed by atoms with van der Waals surface area (Å²) in [6, 6.07) is 12.6. The van der Waals surface area contributed by atoms with Crippen LogP contribution in [0, 0.1) is 25.7 Å². The zero-order valence-corrected chi connectivity index (χ0v) is 18.6. The second-order valence-electron chi connectivity index (χ2n) is 9.18. The maximum Gasteiger partial charge on any atom is 0.250 e. The molecule has 4 N–H and O–H groups in total. The van der Waals surface area contributed by atoms with Gasteiger partial charge in [0.05, 0.1) is 11.8 Å². The van der Waals surface area contributed by atoms with Crippen molar-refractivity contribution < 1.29 is 19.2 Å². The number of primary amides is 1. The molecule has 1 spiro atoms. The number of nitrogens with zero attached hydrogens (tertiary/aromatic N) is 1. The van der Waals surface area contributed by atoms with Crippen molar-refractivity contribution in [3.63, 3.8) is 0 Å². The van der Waals surface area contributed by atoms with Gasteiger partial charge >= 0.3 is 0 Å². The molecule has 0 unspecified atom stereocenters. The molecule has 2 saturated heterocycles. The number of fused-ring (bicyclic) bond motifs is 4. The van der Waals surface area contributed by atoms with Crippen molar-refractivity contribution in [1.29, 1.82) is 0 Å². The number of amides is 4. The van der Waals surface area contributed by atoms with Gasteiger partial charge < -0.3 is 11.1 Å². The van der Waals surface area contributed by atoms with Gasteiger partial charge in [-0.05, 0) is 37.0 Å². The van der Waals surface area contributed by atoms with E-state index in [9.17, 15) is 19.2 Å². The molecular weight excluding hydrogens is 420 g/mol. The molecule has 2 fully saturated rings. The van der Waals surface area contributed by atoms with Crippen LogP contribution in [0.4, 0.5) is 5.69 Å². The molecule has 3 heterocycles. The van der Waals surface area contributed by atoms with E-state index in [2.05, 4.69) is 10.6 Å². The van der Waals surface area contributed by atoms with Gasteiger partial charge in [0.1, 0.15) is 5.54 Å². The summed E-state index contributed by atoms with van der Waals surface area (Å²) >= 11 is 0. The largest absolute Gasteiger partial charge is 0.370 e. The highest BCUT2D eigenvalue weighted by Gasteiger charge is 2.70. The number of carbonyl (C=O) groups excluding carboxylic acids is 4. The van der Waals surface area contributed by atoms with Crippen LogP contribution in [0.1, 0.15) is 28.7 Å². The van der Waals surface area contributed by atoms with Gasteiger partial charge in [0, 0.05) is 30.3 Å². The lowest BCUT2D eigenvalue weighted by atomic mass is 9.76. The molecule has 8 heteroatoms. The highest BCUT2D eigenvalue weighted by Crippen LogP contribution is 2.54. The predicted octanol–water partition coefficient (Wildman–Crippen LogP) is 1.14. The molecule has 2 aromatic carbocycles. The number of imide groups is 1. The summed E-state index contributed by atoms with van der Waals surface area (Å²) in [5, 5.41) is 6.16. The van der Waals surface area contributed by atoms with Crippen LogP contribution in [0.15, 0.2) is 42.5 Å². The van der Waals surface area contributed by atoms with Crippen LogP contribution in [0.2, 0.25) is 0 Å². The van der Waals surface area contributed by atoms with Crippen LogP contribution in [0.3, 0.4) is 0 Å². The number of rotatable bonds is 5. The standard InChI is InChI=1S/C25H26N4O4/c1-13-8-9-16-21(14(13)2)27-24(33)25(16)20-19(17(28-25)12-18(26)30)22(31)29(23(20)32)11-10-15-6-4-3-5-7-15/h3-9,17,19-20,28H,10-12H2,1-2H3,(H2,26,30)(H,27,33)/t17-,19-,20-,25-/m1/s1. The van der Waals surface area contributed by atoms with Crippen LogP contribution in [0.25, 0.3) is 0 Å². The van der Waals surface area contributed by atoms with Crippen molar-refractivity contribution in [1.82, 2.24) is 10.2 Å². The summed E-state index contributed by atoms with van der Waals surface area (Å²) < 4.78 is 0. The van der Waals surface area contributed by atoms with Crippen molar-refractivity contribution in [2.75, 3.05) is 11.9 Å². The predicted molar refractivity (Wildman–Crippen MR) is 121 cm³/mol. The summed E-state index contributed by atoms with van der Waals surface area (Å²) in [5.74, 6) is -3.49. The van der Waals surface area contributed by atoms with Gasteiger partial charge in [-0.15, -0.1) is 0 Å². The van der Waals surface area contributed by atoms with E-state index in [4.69, 9.17) is 5.73 Å². The van der Waals surface area contributed by atoms with E-state index >= 15 is 0 Å². The molecule has 0 radical (unpaired) electrons. The first-order valence-corrected chi connectivity index (χ1v) is 11.1. The molecule has 33 heavy (non-hydrogen) atoms. The average Bonchev–Trinajstić information content (AvgIpc) is 3.35. The molecular formula is C25H26N4O4. The van der Waals surface area contributed by atoms with E-state index in [1.165, 1.54) is 4.90 Å². The third-order valence-electron chi connectivity index (χ3n) is 7.40. The van der Waals surface area contributed by atoms with Crippen molar-refractivity contribution in [2.45, 2.75) is 38.3 Å². The van der Waals surface area contributed by atoms with Gasteiger partial charge in [0.15, 0.2) is 0 Å². The van der Waals surface area contributed by atoms with Gasteiger partial charge in [0.2, 0.25) is 23.6 Å². The van der Waals surface area contributed by atoms with E-state index in [1.54, 1.807) is 0 Å². The van der Waals surface area contributed by atoms with Crippen molar-refractivity contribution >= 4 is 29.3 Å². The minimum absolute atomic E-state index is 0.137. The topological polar surface area (TPSA) is 122 Å². The Balaban J connectivity index is 1.56. The minimum atomic E-state index is -1.41. The monoisotopic (exact) mass is 446 g/mol. The number of hydrogen-bond donors (Lipinski definition) is 3. The van der Waals surface area contributed by atoms with E-state index in [-0.39, 0.29) is 30.7 Å². The number of anilines is 1. The van der Waals surface area contributed by atoms with Crippen LogP contribution in [0.5, 0.6) is 0 Å². The lowest BCUT2D eigenvalue weighted by Gasteiger charge is -2.29. The number of likely N-dealkylation sites (tertiary alicyclic amines) is 1. The van der Waals surface area contributed by atoms with E-state index in [1.807, 2.05) is 56.3 Å². The summed E-state index contributed by atoms with van der Waals surface area (Å²) in [6.45, 7) is 4.08. The number of aryl methyl sites for hydroxylation is 1. The molecule has 3 aliphatic heterocycles. The van der Waals surface area contributed by atoms with Crippen LogP contribution in [-0.4, -0.2) is 41.1 Å². The normalized spacial score (nSPS) is 27.8. The molecule has 4 atom stereocenters. The Morgan fingerprint density at radius 3 is 2.48 bits per heavy atom. The Bertz CT molecular complexity index is 1190. The fourth-order valence-corrected chi connectivity index (χ4v) is 5.68. The molecule has 0 aliphatic carbocycles. The van der Waals surface area contributed by atoms with Gasteiger partial charge in [-0.25, -0.2) is 0 Å². The van der Waals surface area contributed by atoms with Crippen molar-refractivity contribution in [2.24, 2.45) is 17.6 Å². The first-order chi connectivity index (χ1) is 15.8. The molecule has 170 valence electrons. The minimum Gasteiger partial charge on any atom is -0.370 e. The molecule has 5 rings (SSSR count). The third kappa shape index (κ3) is 3.01. The summed E-state index contributed by atoms with van der Waals surface area (Å²) in [7, 11) is 0. The number of carbonyl (C=O) groups is 4. The Morgan fingerprint density at radius 2 is 1.79 bits per heavy atom. The van der Waals surface area contributed by atoms with Gasteiger partial charge in [-0.3, -0.25) is 29.4 Å². The van der Waals surface area contributed by atoms with Crippen molar-refractivity contribution in [3.8, 4) is 0 Å². The van der Waals surface area contributed by atoms with Crippen LogP contribution < -0.4 is 16.4 Å². The van der Waals surface area contributed by atoms with Gasteiger partial charge in [-0.1, -0.05) is 42.5 Å². The number of hydrogen-bond acceptors (Lipinski definition) is 5. The molecule has 4 amide bonds. The van der Waals surface area contributed by atoms with Crippen LogP contribution in [-0.2, 0) is 31.1 Å². The first-order valence-electron chi connectivity index (χ1n) is 11.1. The Morgan fingerprint density at radius 1 is 1.06 bits per heavy atom. The summed E-state index contributed by atoms with van der Waals surface area (Å²) in [4.78, 5) is 53.7. The molecule has 3 aliphatic rings. The molecule has 0 saturated carbocycles. The first kappa shape index (κ1) is 21.3. The zero-order chi connectivity index (χ0) is 23.5. The highest BCUT2D eigenvalue weighted by atomic mass is 16.2. The Hall–Kier alpha value is -3.52. The number of nitrogens with one attached hydrogen (secondary N) is 2. The highest BCUT2D eigenvalue weighted by molar-refractivity contribution is 6.15. The molecule has 0 aromatic heterocycles. The number of benzene rings is 2. The third-order valence-corrected chi connectivity index (χ3v) is 7.40. The smallest absolute Gasteiger partial charge is 0.250 e. The van der Waals surface area contributed by atoms with Gasteiger partial charge in [-0.2, -0.15) is 0 Å². The van der Waals surface area contributed by atoms with Gasteiger partial charge in [0.25, 0.3) is 0 Å². The van der Waals surface area contributed by atoms with E-state index < -0.39 is 29.3 Å². The lowest BCUT2D eigenvalue weighted by Crippen LogP contribution is -2.53. The van der Waals surface area contributed by atoms with Crippen molar-refractivity contribution in [3.05, 3.63) is 64.7 Å². The fraction of sp³-hybridized carbons (Fsp3) is 0.360. The SMILES string of the molecule is Cc1ccc2c(c1C)NC(=O)[C@@]21N[C@H](CC(N)=O)[C@H]2C(=O)N(CCc3ccccc3)C(=O)[C@@H]21. The Kier molecular flexibility index (Phi) is 4.86. The summed E-state index contributed by atoms with van der Waals surface area (Å²) in [6.07, 6.45) is 0.377. The number of nitrogens with two attached hydrogens (primary N) is 1. The maximum absolute atomic E-state index is 13.7. The second kappa shape index (κ2) is 7.52. The van der Waals surface area contributed by atoms with E-state index in [0.717, 1.165) is 16.7 Å². The maximum atomic E-state index is 13.7. The quantitative estimate of drug-likeness (QED) is 0.595. The van der Waals surface area contributed by atoms with E-state index in [0.29, 0.717) is 17.7 Å². The fourth-order valence-electron chi connectivity index (χ4n) is 5.68. The molecule has 8 nitrogen and oxygen atoms in total. The molecule has 2 aromatic rings. The lowest BCUT2D eigenvalue weighted by molar-refractivity contribution is -0.142. The average molecular weight is 447 g/mol.